The van der Waals surface area contributed by atoms with E-state index in [0.717, 1.165) is 11.1 Å². The molecular formula is C30H35FN4O4S. The van der Waals surface area contributed by atoms with Crippen LogP contribution >= 0.6 is 0 Å². The summed E-state index contributed by atoms with van der Waals surface area (Å²) in [6.07, 6.45) is 2.16. The van der Waals surface area contributed by atoms with Crippen LogP contribution in [0.15, 0.2) is 83.8 Å². The van der Waals surface area contributed by atoms with Gasteiger partial charge in [-0.2, -0.15) is 0 Å². The smallest absolute Gasteiger partial charge is 0.319 e. The molecule has 0 heterocycles. The molecule has 0 radical (unpaired) electrons. The fraction of sp³-hybridized carbons (Fsp3) is 0.333. The number of carbonyl (C=O) groups is 2. The average molecular weight is 567 g/mol. The maximum atomic E-state index is 13.2. The van der Waals surface area contributed by atoms with Gasteiger partial charge in [-0.15, -0.1) is 0 Å². The Morgan fingerprint density at radius 2 is 1.43 bits per heavy atom. The fourth-order valence-corrected chi connectivity index (χ4v) is 6.21. The number of anilines is 1. The van der Waals surface area contributed by atoms with Crippen LogP contribution in [0.2, 0.25) is 0 Å². The molecule has 0 saturated heterocycles. The van der Waals surface area contributed by atoms with E-state index in [9.17, 15) is 22.4 Å². The molecule has 3 aromatic rings. The Balaban J connectivity index is 1.27. The van der Waals surface area contributed by atoms with E-state index in [-0.39, 0.29) is 40.7 Å². The third-order valence-electron chi connectivity index (χ3n) is 7.20. The Hall–Kier alpha value is -3.76. The molecule has 4 N–H and O–H groups in total. The Morgan fingerprint density at radius 1 is 0.800 bits per heavy atom. The number of sulfonamides is 1. The quantitative estimate of drug-likeness (QED) is 0.277. The van der Waals surface area contributed by atoms with E-state index in [1.807, 2.05) is 44.2 Å². The second kappa shape index (κ2) is 13.1. The minimum atomic E-state index is -3.83. The molecule has 0 unspecified atom stereocenters. The lowest BCUT2D eigenvalue weighted by molar-refractivity contribution is -0.126. The predicted octanol–water partition coefficient (Wildman–Crippen LogP) is 5.42. The summed E-state index contributed by atoms with van der Waals surface area (Å²) in [6, 6.07) is 20.4. The molecule has 1 saturated carbocycles. The first-order chi connectivity index (χ1) is 19.1. The summed E-state index contributed by atoms with van der Waals surface area (Å²) in [5.41, 5.74) is 2.13. The number of nitrogens with one attached hydrogen (secondary N) is 4. The highest BCUT2D eigenvalue weighted by molar-refractivity contribution is 7.89. The van der Waals surface area contributed by atoms with Crippen LogP contribution in [-0.2, 0) is 14.8 Å². The van der Waals surface area contributed by atoms with Crippen molar-refractivity contribution in [3.8, 4) is 0 Å². The van der Waals surface area contributed by atoms with E-state index in [1.54, 1.807) is 24.3 Å². The van der Waals surface area contributed by atoms with Crippen LogP contribution in [0.5, 0.6) is 0 Å². The minimum Gasteiger partial charge on any atom is -0.349 e. The Bertz CT molecular complexity index is 1410. The summed E-state index contributed by atoms with van der Waals surface area (Å²) < 4.78 is 42.1. The average Bonchev–Trinajstić information content (AvgIpc) is 2.94. The van der Waals surface area contributed by atoms with E-state index < -0.39 is 16.1 Å². The third kappa shape index (κ3) is 7.89. The van der Waals surface area contributed by atoms with E-state index in [4.69, 9.17) is 0 Å². The summed E-state index contributed by atoms with van der Waals surface area (Å²) >= 11 is 0. The van der Waals surface area contributed by atoms with Crippen molar-refractivity contribution in [2.75, 3.05) is 5.32 Å². The van der Waals surface area contributed by atoms with Gasteiger partial charge in [0.2, 0.25) is 15.9 Å². The van der Waals surface area contributed by atoms with Gasteiger partial charge in [0.05, 0.1) is 17.0 Å². The van der Waals surface area contributed by atoms with E-state index in [2.05, 4.69) is 20.7 Å². The molecule has 4 rings (SSSR count). The van der Waals surface area contributed by atoms with Gasteiger partial charge in [-0.05, 0) is 81.0 Å². The van der Waals surface area contributed by atoms with Gasteiger partial charge in [0, 0.05) is 17.6 Å². The molecule has 1 aliphatic rings. The highest BCUT2D eigenvalue weighted by Crippen LogP contribution is 2.27. The molecule has 212 valence electrons. The maximum absolute atomic E-state index is 13.2. The summed E-state index contributed by atoms with van der Waals surface area (Å²) in [7, 11) is -3.83. The van der Waals surface area contributed by atoms with Crippen molar-refractivity contribution in [2.45, 2.75) is 62.6 Å². The maximum Gasteiger partial charge on any atom is 0.319 e. The molecule has 0 aliphatic heterocycles. The van der Waals surface area contributed by atoms with Crippen molar-refractivity contribution < 1.29 is 22.4 Å². The number of carbonyl (C=O) groups excluding carboxylic acids is 2. The van der Waals surface area contributed by atoms with Crippen LogP contribution in [0, 0.1) is 11.7 Å². The van der Waals surface area contributed by atoms with Gasteiger partial charge in [-0.3, -0.25) is 4.79 Å². The molecule has 0 bridgehead atoms. The highest BCUT2D eigenvalue weighted by atomic mass is 32.2. The van der Waals surface area contributed by atoms with Crippen molar-refractivity contribution in [2.24, 2.45) is 5.92 Å². The second-order valence-electron chi connectivity index (χ2n) is 10.2. The van der Waals surface area contributed by atoms with Crippen molar-refractivity contribution in [1.29, 1.82) is 0 Å². The lowest BCUT2D eigenvalue weighted by atomic mass is 9.85. The molecule has 3 aromatic carbocycles. The second-order valence-corrected chi connectivity index (χ2v) is 11.9. The van der Waals surface area contributed by atoms with Gasteiger partial charge in [-0.1, -0.05) is 48.5 Å². The zero-order valence-electron chi connectivity index (χ0n) is 22.6. The van der Waals surface area contributed by atoms with Gasteiger partial charge in [0.15, 0.2) is 0 Å². The summed E-state index contributed by atoms with van der Waals surface area (Å²) in [5, 5.41) is 8.52. The number of rotatable bonds is 9. The topological polar surface area (TPSA) is 116 Å². The first-order valence-electron chi connectivity index (χ1n) is 13.4. The monoisotopic (exact) mass is 566 g/mol. The molecule has 40 heavy (non-hydrogen) atoms. The van der Waals surface area contributed by atoms with Crippen molar-refractivity contribution in [3.05, 3.63) is 95.8 Å². The normalized spacial score (nSPS) is 18.8. The van der Waals surface area contributed by atoms with Gasteiger partial charge in [-0.25, -0.2) is 22.3 Å². The van der Waals surface area contributed by atoms with E-state index >= 15 is 0 Å². The zero-order chi connectivity index (χ0) is 28.7. The Morgan fingerprint density at radius 3 is 2.10 bits per heavy atom. The van der Waals surface area contributed by atoms with Gasteiger partial charge >= 0.3 is 6.03 Å². The Labute approximate surface area is 234 Å². The van der Waals surface area contributed by atoms with Gasteiger partial charge in [0.1, 0.15) is 5.82 Å². The number of benzene rings is 3. The first-order valence-corrected chi connectivity index (χ1v) is 14.9. The lowest BCUT2D eigenvalue weighted by Gasteiger charge is -2.29. The van der Waals surface area contributed by atoms with Gasteiger partial charge in [0.25, 0.3) is 0 Å². The molecule has 3 amide bonds. The largest absolute Gasteiger partial charge is 0.349 e. The molecule has 1 fully saturated rings. The van der Waals surface area contributed by atoms with Crippen LogP contribution in [0.4, 0.5) is 14.9 Å². The van der Waals surface area contributed by atoms with Crippen LogP contribution in [0.25, 0.3) is 0 Å². The van der Waals surface area contributed by atoms with E-state index in [1.165, 1.54) is 24.3 Å². The van der Waals surface area contributed by atoms with Crippen LogP contribution in [-0.4, -0.2) is 26.4 Å². The number of amides is 3. The Kier molecular flexibility index (Phi) is 9.54. The van der Waals surface area contributed by atoms with Crippen molar-refractivity contribution in [3.63, 3.8) is 0 Å². The summed E-state index contributed by atoms with van der Waals surface area (Å²) in [6.45, 7) is 3.71. The first kappa shape index (κ1) is 29.2. The van der Waals surface area contributed by atoms with Crippen molar-refractivity contribution >= 4 is 27.6 Å². The summed E-state index contributed by atoms with van der Waals surface area (Å²) in [4.78, 5) is 25.3. The molecule has 0 aromatic heterocycles. The van der Waals surface area contributed by atoms with Crippen LogP contribution in [0.3, 0.4) is 0 Å². The fourth-order valence-electron chi connectivity index (χ4n) is 4.86. The minimum absolute atomic E-state index is 0.0504. The van der Waals surface area contributed by atoms with Crippen molar-refractivity contribution in [1.82, 2.24) is 15.4 Å². The van der Waals surface area contributed by atoms with Gasteiger partial charge < -0.3 is 16.0 Å². The zero-order valence-corrected chi connectivity index (χ0v) is 23.4. The third-order valence-corrected chi connectivity index (χ3v) is 8.72. The molecule has 10 heteroatoms. The number of hydrogen-bond acceptors (Lipinski definition) is 4. The molecule has 2 atom stereocenters. The number of urea groups is 1. The molecule has 0 spiro atoms. The predicted molar refractivity (Wildman–Crippen MR) is 152 cm³/mol. The van der Waals surface area contributed by atoms with Crippen LogP contribution < -0.4 is 20.7 Å². The summed E-state index contributed by atoms with van der Waals surface area (Å²) in [5.74, 6) is -0.630. The standard InChI is InChI=1S/C30H35FN4O4S/c1-20(23-11-15-25(31)16-12-23)32-29(36)24-13-17-26(18-14-24)35-40(38,39)28-10-6-9-27(19-28)34-30(37)33-21(2)22-7-4-3-5-8-22/h3-12,15-16,19-21,24,26,35H,13-14,17-18H2,1-2H3,(H,32,36)(H2,33,34,37)/t20-,21-,24?,26?/m1/s1. The number of halogens is 1. The SMILES string of the molecule is C[C@@H](NC(=O)Nc1cccc(S(=O)(=O)NC2CCC(C(=O)N[C@H](C)c3ccc(F)cc3)CC2)c1)c1ccccc1. The molecule has 8 nitrogen and oxygen atoms in total. The van der Waals surface area contributed by atoms with E-state index in [0.29, 0.717) is 31.4 Å². The highest BCUT2D eigenvalue weighted by Gasteiger charge is 2.30. The molecule has 1 aliphatic carbocycles. The van der Waals surface area contributed by atoms with Crippen LogP contribution in [0.1, 0.15) is 62.7 Å². The molecular weight excluding hydrogens is 531 g/mol. The number of hydrogen-bond donors (Lipinski definition) is 4. The lowest BCUT2D eigenvalue weighted by Crippen LogP contribution is -2.41.